The Morgan fingerprint density at radius 3 is 2.60 bits per heavy atom. The third-order valence-electron chi connectivity index (χ3n) is 3.67. The number of pyridine rings is 1. The molecule has 0 saturated heterocycles. The minimum Gasteiger partial charge on any atom is -0.493 e. The average Bonchev–Trinajstić information content (AvgIpc) is 2.58. The van der Waals surface area contributed by atoms with Crippen molar-refractivity contribution in [3.8, 4) is 11.9 Å². The van der Waals surface area contributed by atoms with Gasteiger partial charge in [0.1, 0.15) is 11.6 Å². The SMILES string of the molecule is CCCCn1c(O)c(C#N)c(C)c(N=Nc2ccc(Cl)c(Cl)c2)c1=O. The zero-order valence-corrected chi connectivity index (χ0v) is 15.3. The summed E-state index contributed by atoms with van der Waals surface area (Å²) in [6.45, 7) is 3.81. The molecule has 0 unspecified atom stereocenters. The molecule has 0 bridgehead atoms. The van der Waals surface area contributed by atoms with Crippen molar-refractivity contribution in [2.24, 2.45) is 10.2 Å². The molecule has 2 rings (SSSR count). The van der Waals surface area contributed by atoms with E-state index in [4.69, 9.17) is 23.2 Å². The molecule has 0 atom stereocenters. The number of unbranched alkanes of at least 4 members (excludes halogenated alkanes) is 1. The van der Waals surface area contributed by atoms with Gasteiger partial charge in [-0.3, -0.25) is 9.36 Å². The lowest BCUT2D eigenvalue weighted by molar-refractivity contribution is 0.399. The summed E-state index contributed by atoms with van der Waals surface area (Å²) >= 11 is 11.8. The van der Waals surface area contributed by atoms with E-state index in [1.807, 2.05) is 13.0 Å². The maximum absolute atomic E-state index is 12.6. The molecule has 0 aliphatic carbocycles. The van der Waals surface area contributed by atoms with Crippen molar-refractivity contribution in [2.75, 3.05) is 0 Å². The van der Waals surface area contributed by atoms with Crippen molar-refractivity contribution in [2.45, 2.75) is 33.2 Å². The molecule has 0 aliphatic rings. The number of rotatable bonds is 5. The minimum absolute atomic E-state index is 0.0107. The summed E-state index contributed by atoms with van der Waals surface area (Å²) in [5, 5.41) is 28.2. The first-order valence-electron chi connectivity index (χ1n) is 7.64. The van der Waals surface area contributed by atoms with E-state index >= 15 is 0 Å². The molecule has 1 aromatic carbocycles. The van der Waals surface area contributed by atoms with Crippen LogP contribution in [0.3, 0.4) is 0 Å². The maximum atomic E-state index is 12.6. The quantitative estimate of drug-likeness (QED) is 0.719. The highest BCUT2D eigenvalue weighted by Gasteiger charge is 2.18. The van der Waals surface area contributed by atoms with E-state index in [9.17, 15) is 15.2 Å². The van der Waals surface area contributed by atoms with E-state index < -0.39 is 5.56 Å². The fourth-order valence-corrected chi connectivity index (χ4v) is 2.53. The third kappa shape index (κ3) is 4.01. The third-order valence-corrected chi connectivity index (χ3v) is 4.41. The number of hydrogen-bond acceptors (Lipinski definition) is 5. The van der Waals surface area contributed by atoms with Gasteiger partial charge in [-0.1, -0.05) is 36.5 Å². The predicted octanol–water partition coefficient (Wildman–Crippen LogP) is 5.26. The van der Waals surface area contributed by atoms with E-state index in [1.54, 1.807) is 19.1 Å². The second-order valence-electron chi connectivity index (χ2n) is 5.39. The molecular weight excluding hydrogens is 363 g/mol. The summed E-state index contributed by atoms with van der Waals surface area (Å²) in [6.07, 6.45) is 1.52. The smallest absolute Gasteiger partial charge is 0.281 e. The van der Waals surface area contributed by atoms with Gasteiger partial charge in [0.05, 0.1) is 15.7 Å². The summed E-state index contributed by atoms with van der Waals surface area (Å²) in [4.78, 5) is 12.6. The molecule has 8 heteroatoms. The lowest BCUT2D eigenvalue weighted by Crippen LogP contribution is -2.22. The van der Waals surface area contributed by atoms with Gasteiger partial charge in [0.25, 0.3) is 5.56 Å². The molecule has 0 amide bonds. The number of benzene rings is 1. The molecule has 1 aromatic heterocycles. The van der Waals surface area contributed by atoms with Crippen LogP contribution in [0.25, 0.3) is 0 Å². The summed E-state index contributed by atoms with van der Waals surface area (Å²) in [7, 11) is 0. The van der Waals surface area contributed by atoms with Gasteiger partial charge in [-0.15, -0.1) is 5.11 Å². The van der Waals surface area contributed by atoms with Crippen LogP contribution in [0.2, 0.25) is 10.0 Å². The molecule has 130 valence electrons. The van der Waals surface area contributed by atoms with Crippen molar-refractivity contribution in [3.63, 3.8) is 0 Å². The summed E-state index contributed by atoms with van der Waals surface area (Å²) in [5.74, 6) is -0.341. The van der Waals surface area contributed by atoms with Gasteiger partial charge < -0.3 is 5.11 Å². The van der Waals surface area contributed by atoms with Gasteiger partial charge >= 0.3 is 0 Å². The highest BCUT2D eigenvalue weighted by Crippen LogP contribution is 2.29. The maximum Gasteiger partial charge on any atom is 0.281 e. The van der Waals surface area contributed by atoms with Crippen LogP contribution in [-0.2, 0) is 6.54 Å². The zero-order valence-electron chi connectivity index (χ0n) is 13.8. The number of aromatic hydroxyl groups is 1. The van der Waals surface area contributed by atoms with E-state index in [2.05, 4.69) is 10.2 Å². The molecule has 2 aromatic rings. The Morgan fingerprint density at radius 1 is 1.28 bits per heavy atom. The van der Waals surface area contributed by atoms with Gasteiger partial charge in [-0.2, -0.15) is 10.4 Å². The predicted molar refractivity (Wildman–Crippen MR) is 97.4 cm³/mol. The van der Waals surface area contributed by atoms with Gasteiger partial charge in [0.15, 0.2) is 5.69 Å². The normalized spacial score (nSPS) is 11.0. The van der Waals surface area contributed by atoms with Gasteiger partial charge in [0.2, 0.25) is 5.88 Å². The molecule has 0 saturated carbocycles. The standard InChI is InChI=1S/C17H16Cl2N4O2/c1-3-4-7-23-16(24)12(9-20)10(2)15(17(23)25)22-21-11-5-6-13(18)14(19)8-11/h5-6,8,24H,3-4,7H2,1-2H3. The highest BCUT2D eigenvalue weighted by molar-refractivity contribution is 6.42. The minimum atomic E-state index is -0.494. The molecule has 1 N–H and O–H groups in total. The Kier molecular flexibility index (Phi) is 6.18. The summed E-state index contributed by atoms with van der Waals surface area (Å²) < 4.78 is 1.15. The number of hydrogen-bond donors (Lipinski definition) is 1. The van der Waals surface area contributed by atoms with Crippen LogP contribution in [0, 0.1) is 18.3 Å². The molecular formula is C17H16Cl2N4O2. The van der Waals surface area contributed by atoms with Crippen molar-refractivity contribution in [3.05, 3.63) is 49.7 Å². The first kappa shape index (κ1) is 19.0. The van der Waals surface area contributed by atoms with Crippen molar-refractivity contribution in [1.29, 1.82) is 5.26 Å². The van der Waals surface area contributed by atoms with Gasteiger partial charge in [-0.05, 0) is 31.5 Å². The van der Waals surface area contributed by atoms with E-state index in [0.29, 0.717) is 28.7 Å². The van der Waals surface area contributed by atoms with Crippen molar-refractivity contribution in [1.82, 2.24) is 4.57 Å². The number of aromatic nitrogens is 1. The van der Waals surface area contributed by atoms with E-state index in [-0.39, 0.29) is 22.7 Å². The molecule has 0 radical (unpaired) electrons. The Balaban J connectivity index is 2.56. The zero-order chi connectivity index (χ0) is 18.6. The molecule has 1 heterocycles. The number of halogens is 2. The van der Waals surface area contributed by atoms with Crippen LogP contribution >= 0.6 is 23.2 Å². The first-order chi connectivity index (χ1) is 11.9. The highest BCUT2D eigenvalue weighted by atomic mass is 35.5. The van der Waals surface area contributed by atoms with Crippen LogP contribution in [0.1, 0.15) is 30.9 Å². The molecule has 0 spiro atoms. The van der Waals surface area contributed by atoms with Crippen LogP contribution in [0.4, 0.5) is 11.4 Å². The van der Waals surface area contributed by atoms with Crippen LogP contribution in [0.15, 0.2) is 33.2 Å². The summed E-state index contributed by atoms with van der Waals surface area (Å²) in [5.41, 5.74) is 0.225. The first-order valence-corrected chi connectivity index (χ1v) is 8.39. The fourth-order valence-electron chi connectivity index (χ4n) is 2.24. The second kappa shape index (κ2) is 8.15. The lowest BCUT2D eigenvalue weighted by atomic mass is 10.1. The van der Waals surface area contributed by atoms with Gasteiger partial charge in [-0.25, -0.2) is 0 Å². The Morgan fingerprint density at radius 2 is 2.00 bits per heavy atom. The lowest BCUT2D eigenvalue weighted by Gasteiger charge is -2.12. The van der Waals surface area contributed by atoms with Crippen molar-refractivity contribution >= 4 is 34.6 Å². The number of azo groups is 1. The largest absolute Gasteiger partial charge is 0.493 e. The number of nitriles is 1. The molecule has 0 fully saturated rings. The monoisotopic (exact) mass is 378 g/mol. The number of nitrogens with zero attached hydrogens (tertiary/aromatic N) is 4. The van der Waals surface area contributed by atoms with E-state index in [1.165, 1.54) is 6.07 Å². The molecule has 6 nitrogen and oxygen atoms in total. The average molecular weight is 379 g/mol. The van der Waals surface area contributed by atoms with Crippen LogP contribution < -0.4 is 5.56 Å². The second-order valence-corrected chi connectivity index (χ2v) is 6.21. The van der Waals surface area contributed by atoms with Crippen LogP contribution in [-0.4, -0.2) is 9.67 Å². The van der Waals surface area contributed by atoms with Gasteiger partial charge in [0, 0.05) is 12.1 Å². The Labute approximate surface area is 155 Å². The van der Waals surface area contributed by atoms with Crippen LogP contribution in [0.5, 0.6) is 5.88 Å². The Hall–Kier alpha value is -2.36. The fraction of sp³-hybridized carbons (Fsp3) is 0.294. The topological polar surface area (TPSA) is 90.7 Å². The van der Waals surface area contributed by atoms with Crippen molar-refractivity contribution < 1.29 is 5.11 Å². The molecule has 0 aliphatic heterocycles. The summed E-state index contributed by atoms with van der Waals surface area (Å²) in [6, 6.07) is 6.61. The Bertz CT molecular complexity index is 930. The van der Waals surface area contributed by atoms with E-state index in [0.717, 1.165) is 11.0 Å². The molecule has 25 heavy (non-hydrogen) atoms.